The Bertz CT molecular complexity index is 812. The van der Waals surface area contributed by atoms with Crippen molar-refractivity contribution >= 4 is 11.9 Å². The fourth-order valence-corrected chi connectivity index (χ4v) is 5.14. The molecule has 0 aromatic heterocycles. The van der Waals surface area contributed by atoms with E-state index in [9.17, 15) is 30.0 Å². The molecule has 2 aliphatic rings. The Morgan fingerprint density at radius 1 is 0.594 bits per heavy atom. The van der Waals surface area contributed by atoms with Crippen LogP contribution in [0.4, 0.5) is 0 Å². The molecule has 0 aliphatic heterocycles. The van der Waals surface area contributed by atoms with Crippen molar-refractivity contribution in [3.05, 3.63) is 71.8 Å². The predicted molar refractivity (Wildman–Crippen MR) is 120 cm³/mol. The largest absolute Gasteiger partial charge is 0.479 e. The van der Waals surface area contributed by atoms with Gasteiger partial charge in [0.05, 0.1) is 0 Å². The first-order chi connectivity index (χ1) is 15.3. The maximum atomic E-state index is 11.4. The van der Waals surface area contributed by atoms with Gasteiger partial charge in [0.15, 0.2) is 11.2 Å². The standard InChI is InChI=1S/2C13H16O3/c2*14-12(15)13(16,11-8-4-5-9-11)10-6-2-1-3-7-10/h2*1-3,6-7,11,16H,4-5,8-9H2,(H,14,15)/t2*13-/m10/s1. The molecular weight excluding hydrogens is 408 g/mol. The van der Waals surface area contributed by atoms with Crippen LogP contribution in [0.5, 0.6) is 0 Å². The van der Waals surface area contributed by atoms with E-state index in [0.717, 1.165) is 51.4 Å². The number of aliphatic carboxylic acids is 2. The van der Waals surface area contributed by atoms with Crippen LogP contribution in [-0.4, -0.2) is 32.4 Å². The van der Waals surface area contributed by atoms with E-state index in [4.69, 9.17) is 0 Å². The number of carboxylic acid groups (broad SMARTS) is 2. The SMILES string of the molecule is O=C(O)[C@@](O)(c1ccccc1)C1CCCC1.O=C(O)[C@](O)(c1ccccc1)C1CCCC1. The summed E-state index contributed by atoms with van der Waals surface area (Å²) < 4.78 is 0. The minimum Gasteiger partial charge on any atom is -0.479 e. The highest BCUT2D eigenvalue weighted by molar-refractivity contribution is 5.80. The summed E-state index contributed by atoms with van der Waals surface area (Å²) in [5.74, 6) is -2.59. The second kappa shape index (κ2) is 10.3. The molecule has 0 amide bonds. The summed E-state index contributed by atoms with van der Waals surface area (Å²) in [5.41, 5.74) is -2.43. The lowest BCUT2D eigenvalue weighted by atomic mass is 9.80. The summed E-state index contributed by atoms with van der Waals surface area (Å²) in [7, 11) is 0. The van der Waals surface area contributed by atoms with Crippen molar-refractivity contribution in [3.8, 4) is 0 Å². The van der Waals surface area contributed by atoms with E-state index in [2.05, 4.69) is 0 Å². The molecule has 2 saturated carbocycles. The Labute approximate surface area is 188 Å². The van der Waals surface area contributed by atoms with E-state index in [-0.39, 0.29) is 11.8 Å². The van der Waals surface area contributed by atoms with Gasteiger partial charge in [-0.1, -0.05) is 86.3 Å². The third kappa shape index (κ3) is 4.71. The van der Waals surface area contributed by atoms with Crippen molar-refractivity contribution in [1.29, 1.82) is 0 Å². The fraction of sp³-hybridized carbons (Fsp3) is 0.462. The van der Waals surface area contributed by atoms with E-state index in [1.165, 1.54) is 0 Å². The number of carbonyl (C=O) groups is 2. The van der Waals surface area contributed by atoms with Gasteiger partial charge >= 0.3 is 11.9 Å². The molecule has 0 heterocycles. The van der Waals surface area contributed by atoms with Gasteiger partial charge in [0.2, 0.25) is 0 Å². The zero-order valence-electron chi connectivity index (χ0n) is 18.2. The van der Waals surface area contributed by atoms with Crippen molar-refractivity contribution < 1.29 is 30.0 Å². The van der Waals surface area contributed by atoms with E-state index < -0.39 is 23.1 Å². The maximum Gasteiger partial charge on any atom is 0.340 e. The second-order valence-electron chi connectivity index (χ2n) is 8.84. The van der Waals surface area contributed by atoms with Gasteiger partial charge in [0.25, 0.3) is 0 Å². The maximum absolute atomic E-state index is 11.4. The number of rotatable bonds is 6. The first-order valence-electron chi connectivity index (χ1n) is 11.3. The molecule has 2 aliphatic carbocycles. The van der Waals surface area contributed by atoms with Crippen molar-refractivity contribution in [3.63, 3.8) is 0 Å². The van der Waals surface area contributed by atoms with Gasteiger partial charge in [-0.2, -0.15) is 0 Å². The number of benzene rings is 2. The molecule has 2 fully saturated rings. The van der Waals surface area contributed by atoms with Gasteiger partial charge in [-0.05, 0) is 36.8 Å². The number of aliphatic hydroxyl groups is 2. The zero-order chi connectivity index (χ0) is 23.2. The molecule has 2 aromatic rings. The van der Waals surface area contributed by atoms with Crippen molar-refractivity contribution in [2.45, 2.75) is 62.6 Å². The lowest BCUT2D eigenvalue weighted by Gasteiger charge is -2.30. The molecule has 172 valence electrons. The summed E-state index contributed by atoms with van der Waals surface area (Å²) in [6.07, 6.45) is 7.19. The summed E-state index contributed by atoms with van der Waals surface area (Å²) in [5, 5.41) is 39.5. The summed E-state index contributed by atoms with van der Waals surface area (Å²) >= 11 is 0. The van der Waals surface area contributed by atoms with Crippen molar-refractivity contribution in [2.24, 2.45) is 11.8 Å². The van der Waals surface area contributed by atoms with Crippen molar-refractivity contribution in [1.82, 2.24) is 0 Å². The number of carboxylic acids is 2. The molecule has 32 heavy (non-hydrogen) atoms. The fourth-order valence-electron chi connectivity index (χ4n) is 5.14. The highest BCUT2D eigenvalue weighted by atomic mass is 16.4. The lowest BCUT2D eigenvalue weighted by molar-refractivity contribution is -0.167. The monoisotopic (exact) mass is 440 g/mol. The highest BCUT2D eigenvalue weighted by Crippen LogP contribution is 2.41. The minimum absolute atomic E-state index is 0.160. The Morgan fingerprint density at radius 3 is 1.12 bits per heavy atom. The van der Waals surface area contributed by atoms with Gasteiger partial charge in [0, 0.05) is 11.8 Å². The molecule has 4 rings (SSSR count). The molecule has 2 aromatic carbocycles. The first-order valence-corrected chi connectivity index (χ1v) is 11.3. The number of hydrogen-bond donors (Lipinski definition) is 4. The van der Waals surface area contributed by atoms with Crippen LogP contribution >= 0.6 is 0 Å². The molecule has 0 unspecified atom stereocenters. The second-order valence-corrected chi connectivity index (χ2v) is 8.84. The summed E-state index contributed by atoms with van der Waals surface area (Å²) in [4.78, 5) is 22.7. The highest BCUT2D eigenvalue weighted by Gasteiger charge is 2.47. The molecule has 2 atom stereocenters. The zero-order valence-corrected chi connectivity index (χ0v) is 18.2. The molecule has 0 saturated heterocycles. The van der Waals surface area contributed by atoms with Crippen molar-refractivity contribution in [2.75, 3.05) is 0 Å². The minimum atomic E-state index is -1.71. The third-order valence-corrected chi connectivity index (χ3v) is 6.97. The molecule has 6 nitrogen and oxygen atoms in total. The van der Waals surface area contributed by atoms with Gasteiger partial charge in [-0.25, -0.2) is 9.59 Å². The molecule has 4 N–H and O–H groups in total. The van der Waals surface area contributed by atoms with E-state index >= 15 is 0 Å². The predicted octanol–water partition coefficient (Wildman–Crippen LogP) is 4.30. The van der Waals surface area contributed by atoms with Crippen LogP contribution in [0.15, 0.2) is 60.7 Å². The Kier molecular flexibility index (Phi) is 7.69. The topological polar surface area (TPSA) is 115 Å². The first kappa shape index (κ1) is 24.0. The van der Waals surface area contributed by atoms with Crippen LogP contribution < -0.4 is 0 Å². The van der Waals surface area contributed by atoms with Gasteiger partial charge in [-0.15, -0.1) is 0 Å². The third-order valence-electron chi connectivity index (χ3n) is 6.97. The number of hydrogen-bond acceptors (Lipinski definition) is 4. The van der Waals surface area contributed by atoms with Crippen LogP contribution in [0.1, 0.15) is 62.5 Å². The van der Waals surface area contributed by atoms with E-state index in [1.807, 2.05) is 12.1 Å². The van der Waals surface area contributed by atoms with Crippen LogP contribution in [0.25, 0.3) is 0 Å². The lowest BCUT2D eigenvalue weighted by Crippen LogP contribution is -2.42. The normalized spacial score (nSPS) is 20.6. The molecule has 6 heteroatoms. The molecule has 0 bridgehead atoms. The molecule has 0 spiro atoms. The average Bonchev–Trinajstić information content (AvgIpc) is 3.54. The van der Waals surface area contributed by atoms with Crippen LogP contribution in [-0.2, 0) is 20.8 Å². The Balaban J connectivity index is 0.000000181. The van der Waals surface area contributed by atoms with Crippen LogP contribution in [0, 0.1) is 11.8 Å². The molecule has 0 radical (unpaired) electrons. The summed E-state index contributed by atoms with van der Waals surface area (Å²) in [6, 6.07) is 17.4. The Hall–Kier alpha value is -2.70. The van der Waals surface area contributed by atoms with Gasteiger partial charge in [0.1, 0.15) is 0 Å². The van der Waals surface area contributed by atoms with Crippen LogP contribution in [0.3, 0.4) is 0 Å². The van der Waals surface area contributed by atoms with Gasteiger partial charge < -0.3 is 20.4 Å². The average molecular weight is 441 g/mol. The smallest absolute Gasteiger partial charge is 0.340 e. The van der Waals surface area contributed by atoms with E-state index in [0.29, 0.717) is 11.1 Å². The summed E-state index contributed by atoms with van der Waals surface area (Å²) in [6.45, 7) is 0. The van der Waals surface area contributed by atoms with Crippen LogP contribution in [0.2, 0.25) is 0 Å². The van der Waals surface area contributed by atoms with E-state index in [1.54, 1.807) is 48.5 Å². The Morgan fingerprint density at radius 2 is 0.875 bits per heavy atom. The molecular formula is C26H32O6. The van der Waals surface area contributed by atoms with Gasteiger partial charge in [-0.3, -0.25) is 0 Å². The quantitative estimate of drug-likeness (QED) is 0.532.